The normalized spacial score (nSPS) is 18.8. The Morgan fingerprint density at radius 3 is 2.17 bits per heavy atom. The fourth-order valence-electron chi connectivity index (χ4n) is 0.575. The number of hydrogen-bond acceptors (Lipinski definition) is 5. The van der Waals surface area contributed by atoms with Gasteiger partial charge in [0.2, 0.25) is 0 Å². The Labute approximate surface area is 71.2 Å². The molecule has 0 aromatic heterocycles. The molecule has 0 aliphatic heterocycles. The van der Waals surface area contributed by atoms with Crippen molar-refractivity contribution in [3.8, 4) is 0 Å². The highest BCUT2D eigenvalue weighted by molar-refractivity contribution is 4.63. The molecule has 0 aromatic carbocycles. The van der Waals surface area contributed by atoms with E-state index in [4.69, 9.17) is 25.2 Å². The van der Waals surface area contributed by atoms with Gasteiger partial charge in [-0.3, -0.25) is 0 Å². The lowest BCUT2D eigenvalue weighted by atomic mass is 10.2. The van der Waals surface area contributed by atoms with E-state index in [9.17, 15) is 0 Å². The number of ether oxygens (including phenoxy) is 1. The van der Waals surface area contributed by atoms with Gasteiger partial charge in [-0.2, -0.15) is 0 Å². The van der Waals surface area contributed by atoms with Crippen molar-refractivity contribution in [3.63, 3.8) is 0 Å². The summed E-state index contributed by atoms with van der Waals surface area (Å²) >= 11 is 0. The van der Waals surface area contributed by atoms with Gasteiger partial charge in [-0.1, -0.05) is 0 Å². The monoisotopic (exact) mass is 180 g/mol. The van der Waals surface area contributed by atoms with Gasteiger partial charge >= 0.3 is 0 Å². The molecule has 0 heterocycles. The molecule has 0 bridgehead atoms. The Hall–Kier alpha value is -0.200. The highest BCUT2D eigenvalue weighted by atomic mass is 16.5. The van der Waals surface area contributed by atoms with Gasteiger partial charge in [0.15, 0.2) is 0 Å². The summed E-state index contributed by atoms with van der Waals surface area (Å²) in [6.07, 6.45) is -2.43. The summed E-state index contributed by atoms with van der Waals surface area (Å²) in [5.74, 6) is 0. The third-order valence-corrected chi connectivity index (χ3v) is 1.49. The SMILES string of the molecule is CC(OCC(O)CO)C(O)CO. The molecule has 0 saturated carbocycles. The van der Waals surface area contributed by atoms with Gasteiger partial charge in [0.25, 0.3) is 0 Å². The molecule has 0 saturated heterocycles. The highest BCUT2D eigenvalue weighted by Gasteiger charge is 2.14. The summed E-state index contributed by atoms with van der Waals surface area (Å²) in [4.78, 5) is 0. The molecule has 0 aromatic rings. The minimum Gasteiger partial charge on any atom is -0.394 e. The molecule has 0 radical (unpaired) electrons. The number of rotatable bonds is 6. The van der Waals surface area contributed by atoms with Gasteiger partial charge < -0.3 is 25.2 Å². The maximum absolute atomic E-state index is 8.99. The van der Waals surface area contributed by atoms with Crippen molar-refractivity contribution in [1.82, 2.24) is 0 Å². The lowest BCUT2D eigenvalue weighted by molar-refractivity contribution is -0.0794. The first-order valence-electron chi connectivity index (χ1n) is 3.81. The minimum atomic E-state index is -0.948. The molecule has 0 fully saturated rings. The third kappa shape index (κ3) is 4.63. The van der Waals surface area contributed by atoms with Gasteiger partial charge in [0.05, 0.1) is 25.9 Å². The first-order chi connectivity index (χ1) is 5.61. The van der Waals surface area contributed by atoms with Crippen LogP contribution in [-0.2, 0) is 4.74 Å². The van der Waals surface area contributed by atoms with E-state index < -0.39 is 18.3 Å². The summed E-state index contributed by atoms with van der Waals surface area (Å²) < 4.78 is 4.93. The second-order valence-corrected chi connectivity index (χ2v) is 2.62. The summed E-state index contributed by atoms with van der Waals surface area (Å²) in [6, 6.07) is 0. The Balaban J connectivity index is 3.49. The molecule has 12 heavy (non-hydrogen) atoms. The number of aliphatic hydroxyl groups excluding tert-OH is 4. The van der Waals surface area contributed by atoms with Crippen LogP contribution in [0.15, 0.2) is 0 Å². The molecule has 5 nitrogen and oxygen atoms in total. The molecule has 0 aliphatic rings. The van der Waals surface area contributed by atoms with Gasteiger partial charge in [-0.25, -0.2) is 0 Å². The topological polar surface area (TPSA) is 90.2 Å². The summed E-state index contributed by atoms with van der Waals surface area (Å²) in [5, 5.41) is 34.7. The molecule has 74 valence electrons. The molecule has 3 atom stereocenters. The second-order valence-electron chi connectivity index (χ2n) is 2.62. The summed E-state index contributed by atoms with van der Waals surface area (Å²) in [7, 11) is 0. The average Bonchev–Trinajstić information content (AvgIpc) is 2.11. The van der Waals surface area contributed by atoms with Crippen molar-refractivity contribution >= 4 is 0 Å². The lowest BCUT2D eigenvalue weighted by Crippen LogP contribution is -2.32. The van der Waals surface area contributed by atoms with Crippen molar-refractivity contribution in [3.05, 3.63) is 0 Å². The van der Waals surface area contributed by atoms with E-state index in [-0.39, 0.29) is 19.8 Å². The standard InChI is InChI=1S/C7H16O5/c1-5(7(11)3-9)12-4-6(10)2-8/h5-11H,2-4H2,1H3. The van der Waals surface area contributed by atoms with Crippen LogP contribution < -0.4 is 0 Å². The predicted molar refractivity (Wildman–Crippen MR) is 41.6 cm³/mol. The Kier molecular flexibility index (Phi) is 6.23. The Morgan fingerprint density at radius 2 is 1.75 bits per heavy atom. The average molecular weight is 180 g/mol. The van der Waals surface area contributed by atoms with Crippen molar-refractivity contribution < 1.29 is 25.2 Å². The van der Waals surface area contributed by atoms with Crippen LogP contribution in [0.4, 0.5) is 0 Å². The van der Waals surface area contributed by atoms with Crippen molar-refractivity contribution in [2.24, 2.45) is 0 Å². The molecule has 5 heteroatoms. The largest absolute Gasteiger partial charge is 0.394 e. The second kappa shape index (κ2) is 6.33. The molecule has 0 aliphatic carbocycles. The van der Waals surface area contributed by atoms with E-state index in [1.54, 1.807) is 6.92 Å². The first-order valence-corrected chi connectivity index (χ1v) is 3.81. The van der Waals surface area contributed by atoms with Crippen LogP contribution in [0.2, 0.25) is 0 Å². The lowest BCUT2D eigenvalue weighted by Gasteiger charge is -2.18. The Bertz CT molecular complexity index is 108. The van der Waals surface area contributed by atoms with E-state index in [0.29, 0.717) is 0 Å². The van der Waals surface area contributed by atoms with E-state index in [0.717, 1.165) is 0 Å². The van der Waals surface area contributed by atoms with Gasteiger partial charge in [0, 0.05) is 0 Å². The van der Waals surface area contributed by atoms with Crippen molar-refractivity contribution in [2.45, 2.75) is 25.2 Å². The predicted octanol–water partition coefficient (Wildman–Crippen LogP) is -1.90. The smallest absolute Gasteiger partial charge is 0.103 e. The molecule has 4 N–H and O–H groups in total. The van der Waals surface area contributed by atoms with E-state index in [1.165, 1.54) is 0 Å². The van der Waals surface area contributed by atoms with E-state index in [1.807, 2.05) is 0 Å². The molecule has 0 spiro atoms. The van der Waals surface area contributed by atoms with Crippen LogP contribution >= 0.6 is 0 Å². The third-order valence-electron chi connectivity index (χ3n) is 1.49. The summed E-state index contributed by atoms with van der Waals surface area (Å²) in [5.41, 5.74) is 0. The quantitative estimate of drug-likeness (QED) is 0.383. The number of hydrogen-bond donors (Lipinski definition) is 4. The van der Waals surface area contributed by atoms with Crippen LogP contribution in [0.3, 0.4) is 0 Å². The zero-order chi connectivity index (χ0) is 9.56. The highest BCUT2D eigenvalue weighted by Crippen LogP contribution is 1.98. The van der Waals surface area contributed by atoms with Crippen LogP contribution in [0.25, 0.3) is 0 Å². The molecule has 3 unspecified atom stereocenters. The minimum absolute atomic E-state index is 0.0469. The first kappa shape index (κ1) is 11.8. The van der Waals surface area contributed by atoms with E-state index >= 15 is 0 Å². The van der Waals surface area contributed by atoms with Crippen molar-refractivity contribution in [1.29, 1.82) is 0 Å². The van der Waals surface area contributed by atoms with Gasteiger partial charge in [-0.15, -0.1) is 0 Å². The zero-order valence-corrected chi connectivity index (χ0v) is 7.05. The maximum atomic E-state index is 8.99. The Morgan fingerprint density at radius 1 is 1.17 bits per heavy atom. The van der Waals surface area contributed by atoms with Gasteiger partial charge in [0.1, 0.15) is 12.2 Å². The van der Waals surface area contributed by atoms with E-state index in [2.05, 4.69) is 0 Å². The molecular weight excluding hydrogens is 164 g/mol. The maximum Gasteiger partial charge on any atom is 0.103 e. The van der Waals surface area contributed by atoms with Gasteiger partial charge in [-0.05, 0) is 6.92 Å². The van der Waals surface area contributed by atoms with Crippen LogP contribution in [0, 0.1) is 0 Å². The molecule has 0 amide bonds. The van der Waals surface area contributed by atoms with Crippen LogP contribution in [0.5, 0.6) is 0 Å². The number of aliphatic hydroxyl groups is 4. The van der Waals surface area contributed by atoms with Crippen LogP contribution in [-0.4, -0.2) is 58.6 Å². The zero-order valence-electron chi connectivity index (χ0n) is 7.05. The fraction of sp³-hybridized carbons (Fsp3) is 1.00. The fourth-order valence-corrected chi connectivity index (χ4v) is 0.575. The van der Waals surface area contributed by atoms with Crippen molar-refractivity contribution in [2.75, 3.05) is 19.8 Å². The summed E-state index contributed by atoms with van der Waals surface area (Å²) in [6.45, 7) is 0.776. The molecular formula is C7H16O5. The van der Waals surface area contributed by atoms with Crippen LogP contribution in [0.1, 0.15) is 6.92 Å². The molecule has 0 rings (SSSR count).